The van der Waals surface area contributed by atoms with Crippen LogP contribution in [0.5, 0.6) is 0 Å². The Balaban J connectivity index is 1.97. The van der Waals surface area contributed by atoms with Crippen LogP contribution in [-0.2, 0) is 9.53 Å². The molecule has 5 nitrogen and oxygen atoms in total. The number of rotatable bonds is 6. The van der Waals surface area contributed by atoms with Crippen LogP contribution in [0.4, 0.5) is 5.69 Å². The second-order valence-corrected chi connectivity index (χ2v) is 6.04. The van der Waals surface area contributed by atoms with E-state index in [1.807, 2.05) is 12.1 Å². The van der Waals surface area contributed by atoms with Crippen LogP contribution < -0.4 is 5.32 Å². The van der Waals surface area contributed by atoms with Crippen molar-refractivity contribution < 1.29 is 19.1 Å². The van der Waals surface area contributed by atoms with Gasteiger partial charge in [-0.1, -0.05) is 44.2 Å². The number of benzene rings is 2. The molecule has 0 atom stereocenters. The Hall–Kier alpha value is -2.95. The summed E-state index contributed by atoms with van der Waals surface area (Å²) in [6.45, 7) is 5.21. The van der Waals surface area contributed by atoms with Crippen molar-refractivity contribution >= 4 is 23.3 Å². The van der Waals surface area contributed by atoms with Crippen molar-refractivity contribution in [2.75, 3.05) is 11.9 Å². The van der Waals surface area contributed by atoms with Crippen molar-refractivity contribution in [3.63, 3.8) is 0 Å². The van der Waals surface area contributed by atoms with E-state index in [0.29, 0.717) is 17.2 Å². The Bertz CT molecular complexity index is 779. The Labute approximate surface area is 147 Å². The number of nitrogens with one attached hydrogen (secondary N) is 1. The van der Waals surface area contributed by atoms with E-state index in [4.69, 9.17) is 4.74 Å². The summed E-state index contributed by atoms with van der Waals surface area (Å²) in [6.07, 6.45) is 0. The van der Waals surface area contributed by atoms with Gasteiger partial charge in [0.1, 0.15) is 0 Å². The zero-order valence-corrected chi connectivity index (χ0v) is 14.5. The van der Waals surface area contributed by atoms with Gasteiger partial charge in [0.05, 0.1) is 5.56 Å². The van der Waals surface area contributed by atoms with Crippen LogP contribution in [0.2, 0.25) is 0 Å². The van der Waals surface area contributed by atoms with Crippen molar-refractivity contribution in [2.24, 2.45) is 0 Å². The molecule has 0 saturated heterocycles. The molecule has 0 aliphatic carbocycles. The van der Waals surface area contributed by atoms with Gasteiger partial charge in [0.25, 0.3) is 0 Å². The molecule has 0 radical (unpaired) electrons. The summed E-state index contributed by atoms with van der Waals surface area (Å²) in [4.78, 5) is 35.3. The predicted octanol–water partition coefficient (Wildman–Crippen LogP) is 3.81. The minimum Gasteiger partial charge on any atom is -0.454 e. The van der Waals surface area contributed by atoms with Gasteiger partial charge in [-0.15, -0.1) is 0 Å². The molecule has 1 amide bonds. The molecule has 0 bridgehead atoms. The van der Waals surface area contributed by atoms with Gasteiger partial charge in [-0.05, 0) is 29.7 Å². The standard InChI is InChI=1S/C20H21NO4/c1-13(2)15-7-9-16(10-8-15)19(23)12-25-20(24)17-5-4-6-18(11-17)21-14(3)22/h4-11,13H,12H2,1-3H3,(H,21,22). The monoisotopic (exact) mass is 339 g/mol. The summed E-state index contributed by atoms with van der Waals surface area (Å²) < 4.78 is 5.08. The average molecular weight is 339 g/mol. The summed E-state index contributed by atoms with van der Waals surface area (Å²) in [5.41, 5.74) is 2.42. The maximum absolute atomic E-state index is 12.1. The summed E-state index contributed by atoms with van der Waals surface area (Å²) >= 11 is 0. The van der Waals surface area contributed by atoms with Crippen molar-refractivity contribution in [2.45, 2.75) is 26.7 Å². The first kappa shape index (κ1) is 18.4. The number of ketones is 1. The molecule has 25 heavy (non-hydrogen) atoms. The fourth-order valence-electron chi connectivity index (χ4n) is 2.28. The Morgan fingerprint density at radius 1 is 1.00 bits per heavy atom. The molecule has 2 aromatic carbocycles. The molecule has 0 aromatic heterocycles. The molecule has 0 saturated carbocycles. The van der Waals surface area contributed by atoms with E-state index < -0.39 is 5.97 Å². The second-order valence-electron chi connectivity index (χ2n) is 6.04. The maximum Gasteiger partial charge on any atom is 0.338 e. The third-order valence-electron chi connectivity index (χ3n) is 3.65. The quantitative estimate of drug-likeness (QED) is 0.642. The minimum absolute atomic E-state index is 0.231. The Morgan fingerprint density at radius 3 is 2.28 bits per heavy atom. The van der Waals surface area contributed by atoms with Crippen molar-refractivity contribution in [1.82, 2.24) is 0 Å². The van der Waals surface area contributed by atoms with Crippen LogP contribution in [0.1, 0.15) is 53.0 Å². The van der Waals surface area contributed by atoms with Gasteiger partial charge in [-0.3, -0.25) is 9.59 Å². The van der Waals surface area contributed by atoms with Crippen LogP contribution in [0.25, 0.3) is 0 Å². The molecule has 0 aliphatic rings. The lowest BCUT2D eigenvalue weighted by Crippen LogP contribution is -2.15. The van der Waals surface area contributed by atoms with E-state index in [-0.39, 0.29) is 23.9 Å². The summed E-state index contributed by atoms with van der Waals surface area (Å²) in [5, 5.41) is 2.59. The van der Waals surface area contributed by atoms with Crippen molar-refractivity contribution in [3.05, 3.63) is 65.2 Å². The first-order valence-corrected chi connectivity index (χ1v) is 8.04. The van der Waals surface area contributed by atoms with E-state index in [9.17, 15) is 14.4 Å². The number of hydrogen-bond acceptors (Lipinski definition) is 4. The number of esters is 1. The highest BCUT2D eigenvalue weighted by molar-refractivity contribution is 5.99. The zero-order chi connectivity index (χ0) is 18.4. The lowest BCUT2D eigenvalue weighted by atomic mass is 10.0. The molecule has 0 unspecified atom stereocenters. The third-order valence-corrected chi connectivity index (χ3v) is 3.65. The van der Waals surface area contributed by atoms with Crippen LogP contribution in [0.15, 0.2) is 48.5 Å². The SMILES string of the molecule is CC(=O)Nc1cccc(C(=O)OCC(=O)c2ccc(C(C)C)cc2)c1. The summed E-state index contributed by atoms with van der Waals surface area (Å²) in [7, 11) is 0. The molecule has 0 fully saturated rings. The molecule has 0 aliphatic heterocycles. The molecule has 0 heterocycles. The van der Waals surface area contributed by atoms with Crippen molar-refractivity contribution in [1.29, 1.82) is 0 Å². The smallest absolute Gasteiger partial charge is 0.338 e. The predicted molar refractivity (Wildman–Crippen MR) is 95.9 cm³/mol. The molecule has 2 aromatic rings. The first-order valence-electron chi connectivity index (χ1n) is 8.04. The first-order chi connectivity index (χ1) is 11.9. The van der Waals surface area contributed by atoms with Gasteiger partial charge >= 0.3 is 5.97 Å². The van der Waals surface area contributed by atoms with Crippen LogP contribution in [-0.4, -0.2) is 24.3 Å². The number of carbonyl (C=O) groups excluding carboxylic acids is 3. The van der Waals surface area contributed by atoms with Gasteiger partial charge in [-0.25, -0.2) is 4.79 Å². The molecular formula is C20H21NO4. The van der Waals surface area contributed by atoms with Gasteiger partial charge in [-0.2, -0.15) is 0 Å². The van der Waals surface area contributed by atoms with E-state index >= 15 is 0 Å². The van der Waals surface area contributed by atoms with E-state index in [2.05, 4.69) is 19.2 Å². The Kier molecular flexibility index (Phi) is 6.06. The number of anilines is 1. The highest BCUT2D eigenvalue weighted by atomic mass is 16.5. The molecule has 0 spiro atoms. The highest BCUT2D eigenvalue weighted by Crippen LogP contribution is 2.15. The van der Waals surface area contributed by atoms with Crippen LogP contribution in [0, 0.1) is 0 Å². The van der Waals surface area contributed by atoms with Gasteiger partial charge in [0.2, 0.25) is 5.91 Å². The minimum atomic E-state index is -0.612. The molecular weight excluding hydrogens is 318 g/mol. The van der Waals surface area contributed by atoms with Crippen molar-refractivity contribution in [3.8, 4) is 0 Å². The number of amides is 1. The fraction of sp³-hybridized carbons (Fsp3) is 0.250. The summed E-state index contributed by atoms with van der Waals surface area (Å²) in [5.74, 6) is -0.718. The maximum atomic E-state index is 12.1. The fourth-order valence-corrected chi connectivity index (χ4v) is 2.28. The largest absolute Gasteiger partial charge is 0.454 e. The van der Waals surface area contributed by atoms with Gasteiger partial charge < -0.3 is 10.1 Å². The second kappa shape index (κ2) is 8.24. The normalized spacial score (nSPS) is 10.4. The zero-order valence-electron chi connectivity index (χ0n) is 14.5. The number of carbonyl (C=O) groups is 3. The number of Topliss-reactive ketones (excluding diaryl/α,β-unsaturated/α-hetero) is 1. The lowest BCUT2D eigenvalue weighted by molar-refractivity contribution is -0.114. The van der Waals surface area contributed by atoms with E-state index in [1.165, 1.54) is 13.0 Å². The average Bonchev–Trinajstić information content (AvgIpc) is 2.59. The molecule has 2 rings (SSSR count). The van der Waals surface area contributed by atoms with E-state index in [0.717, 1.165) is 5.56 Å². The molecule has 130 valence electrons. The number of ether oxygens (including phenoxy) is 1. The van der Waals surface area contributed by atoms with E-state index in [1.54, 1.807) is 30.3 Å². The highest BCUT2D eigenvalue weighted by Gasteiger charge is 2.13. The van der Waals surface area contributed by atoms with Gasteiger partial charge in [0, 0.05) is 18.2 Å². The third kappa shape index (κ3) is 5.28. The lowest BCUT2D eigenvalue weighted by Gasteiger charge is -2.08. The van der Waals surface area contributed by atoms with Gasteiger partial charge in [0.15, 0.2) is 12.4 Å². The van der Waals surface area contributed by atoms with Crippen LogP contribution >= 0.6 is 0 Å². The molecule has 5 heteroatoms. The van der Waals surface area contributed by atoms with Crippen LogP contribution in [0.3, 0.4) is 0 Å². The molecule has 1 N–H and O–H groups in total. The summed E-state index contributed by atoms with van der Waals surface area (Å²) in [6, 6.07) is 13.6. The Morgan fingerprint density at radius 2 is 1.68 bits per heavy atom. The topological polar surface area (TPSA) is 72.5 Å². The number of hydrogen-bond donors (Lipinski definition) is 1.